The summed E-state index contributed by atoms with van der Waals surface area (Å²) in [6.07, 6.45) is 79.5. The Morgan fingerprint density at radius 1 is 0.390 bits per heavy atom. The van der Waals surface area contributed by atoms with Crippen molar-refractivity contribution in [2.75, 3.05) is 47.5 Å². The van der Waals surface area contributed by atoms with Crippen LogP contribution in [0, 0.1) is 0 Å². The third-order valence-electron chi connectivity index (χ3n) is 12.4. The van der Waals surface area contributed by atoms with Crippen LogP contribution in [0.2, 0.25) is 0 Å². The number of hydrogen-bond donors (Lipinski definition) is 0. The van der Waals surface area contributed by atoms with E-state index in [-0.39, 0.29) is 32.7 Å². The molecule has 0 aromatic heterocycles. The molecular formula is C68H111NO8. The van der Waals surface area contributed by atoms with Gasteiger partial charge in [0.2, 0.25) is 0 Å². The van der Waals surface area contributed by atoms with Crippen LogP contribution in [0.5, 0.6) is 0 Å². The lowest BCUT2D eigenvalue weighted by Crippen LogP contribution is -2.44. The quantitative estimate of drug-likeness (QED) is 0.0195. The van der Waals surface area contributed by atoms with Crippen LogP contribution in [0.4, 0.5) is 0 Å². The molecule has 436 valence electrons. The van der Waals surface area contributed by atoms with Gasteiger partial charge in [-0.2, -0.15) is 0 Å². The van der Waals surface area contributed by atoms with Crippen LogP contribution in [0.1, 0.15) is 219 Å². The lowest BCUT2D eigenvalue weighted by atomic mass is 10.0. The standard InChI is InChI=1S/C68H111NO8/c1-6-8-10-12-14-16-18-20-22-23-24-25-26-27-28-29-30-31-32-33-34-35-36-37-38-39-40-41-42-43-45-47-49-51-53-55-57-59-66(71)77-64(63-76-68(67(72)73)74-61-60-69(3,4)5)62-75-65(70)58-56-54-52-50-48-46-44-21-19-17-15-13-11-9-7-2/h8-11,14-17,20-22,24-25,27-28,30-31,33-34,44,48,50,64,68H,6-7,12-13,18-19,23,26,29,32,35-43,45-47,49,51-63H2,1-5H3/b10-8-,11-9-,16-14-,17-15-,22-20-,25-24-,28-27-,31-30-,34-33-,44-21-,50-48-. The van der Waals surface area contributed by atoms with Crippen molar-refractivity contribution in [2.24, 2.45) is 0 Å². The summed E-state index contributed by atoms with van der Waals surface area (Å²) in [4.78, 5) is 37.2. The number of quaternary nitrogens is 1. The fraction of sp³-hybridized carbons (Fsp3) is 0.632. The smallest absolute Gasteiger partial charge is 0.306 e. The van der Waals surface area contributed by atoms with Crippen LogP contribution in [0.25, 0.3) is 0 Å². The Morgan fingerprint density at radius 2 is 0.701 bits per heavy atom. The van der Waals surface area contributed by atoms with Gasteiger partial charge >= 0.3 is 11.9 Å². The number of carbonyl (C=O) groups excluding carboxylic acids is 3. The van der Waals surface area contributed by atoms with Crippen molar-refractivity contribution in [1.29, 1.82) is 0 Å². The van der Waals surface area contributed by atoms with Gasteiger partial charge in [-0.3, -0.25) is 9.59 Å². The first-order chi connectivity index (χ1) is 37.6. The molecule has 0 aliphatic rings. The molecule has 9 nitrogen and oxygen atoms in total. The van der Waals surface area contributed by atoms with E-state index in [0.717, 1.165) is 103 Å². The molecule has 0 N–H and O–H groups in total. The van der Waals surface area contributed by atoms with Crippen LogP contribution in [0.3, 0.4) is 0 Å². The molecule has 0 bridgehead atoms. The monoisotopic (exact) mass is 1070 g/mol. The van der Waals surface area contributed by atoms with Gasteiger partial charge in [0.05, 0.1) is 40.3 Å². The number of carbonyl (C=O) groups is 3. The Kier molecular flexibility index (Phi) is 54.2. The molecule has 9 heteroatoms. The van der Waals surface area contributed by atoms with E-state index in [4.69, 9.17) is 18.9 Å². The zero-order chi connectivity index (χ0) is 56.2. The van der Waals surface area contributed by atoms with Crippen LogP contribution < -0.4 is 5.11 Å². The maximum Gasteiger partial charge on any atom is 0.306 e. The molecule has 0 aromatic rings. The summed E-state index contributed by atoms with van der Waals surface area (Å²) in [5.41, 5.74) is 0. The third kappa shape index (κ3) is 58.9. The second kappa shape index (κ2) is 57.6. The average molecular weight is 1070 g/mol. The second-order valence-electron chi connectivity index (χ2n) is 20.9. The SMILES string of the molecule is CC/C=C\C/C=C\C/C=C\C/C=C\C/C=C\C/C=C\C/C=C\CCCCCCCCCCCCCCCCCC(=O)OC(COC(=O)CCCC/C=C\C/C=C\C/C=C\C/C=C\CC)COC(OCC[N+](C)(C)C)C(=O)[O-]. The Balaban J connectivity index is 4.14. The largest absolute Gasteiger partial charge is 0.545 e. The molecule has 0 aromatic carbocycles. The maximum atomic E-state index is 12.9. The van der Waals surface area contributed by atoms with E-state index < -0.39 is 30.3 Å². The molecule has 0 heterocycles. The zero-order valence-electron chi connectivity index (χ0n) is 49.5. The van der Waals surface area contributed by atoms with E-state index >= 15 is 0 Å². The van der Waals surface area contributed by atoms with Crippen molar-refractivity contribution in [3.8, 4) is 0 Å². The number of carboxylic acids is 1. The Hall–Kier alpha value is -4.57. The number of unbranched alkanes of at least 4 members (excludes halogenated alkanes) is 17. The first-order valence-corrected chi connectivity index (χ1v) is 30.3. The van der Waals surface area contributed by atoms with Crippen LogP contribution in [-0.2, 0) is 33.3 Å². The Bertz CT molecular complexity index is 1720. The van der Waals surface area contributed by atoms with Crippen molar-refractivity contribution >= 4 is 17.9 Å². The number of carboxylic acid groups (broad SMARTS) is 1. The van der Waals surface area contributed by atoms with Gasteiger partial charge in [0.15, 0.2) is 12.4 Å². The summed E-state index contributed by atoms with van der Waals surface area (Å²) in [6, 6.07) is 0. The lowest BCUT2D eigenvalue weighted by Gasteiger charge is -2.26. The molecule has 0 aliphatic carbocycles. The number of ether oxygens (including phenoxy) is 4. The minimum atomic E-state index is -1.64. The molecular weight excluding hydrogens is 959 g/mol. The number of nitrogens with zero attached hydrogens (tertiary/aromatic N) is 1. The highest BCUT2D eigenvalue weighted by Gasteiger charge is 2.22. The molecule has 0 aliphatic heterocycles. The summed E-state index contributed by atoms with van der Waals surface area (Å²) in [5, 5.41) is 11.8. The van der Waals surface area contributed by atoms with E-state index in [9.17, 15) is 19.5 Å². The second-order valence-corrected chi connectivity index (χ2v) is 20.9. The summed E-state index contributed by atoms with van der Waals surface area (Å²) in [5.74, 6) is -2.35. The molecule has 0 fully saturated rings. The summed E-state index contributed by atoms with van der Waals surface area (Å²) < 4.78 is 22.6. The van der Waals surface area contributed by atoms with E-state index in [0.29, 0.717) is 23.9 Å². The third-order valence-corrected chi connectivity index (χ3v) is 12.4. The van der Waals surface area contributed by atoms with E-state index in [2.05, 4.69) is 148 Å². The predicted octanol–water partition coefficient (Wildman–Crippen LogP) is 16.9. The molecule has 2 unspecified atom stereocenters. The highest BCUT2D eigenvalue weighted by atomic mass is 16.7. The average Bonchev–Trinajstić information content (AvgIpc) is 3.40. The van der Waals surface area contributed by atoms with Gasteiger partial charge in [0.25, 0.3) is 0 Å². The fourth-order valence-corrected chi connectivity index (χ4v) is 7.80. The van der Waals surface area contributed by atoms with Crippen molar-refractivity contribution in [3.05, 3.63) is 134 Å². The van der Waals surface area contributed by atoms with E-state index in [1.54, 1.807) is 0 Å². The highest BCUT2D eigenvalue weighted by Crippen LogP contribution is 2.15. The molecule has 0 amide bonds. The minimum absolute atomic E-state index is 0.135. The van der Waals surface area contributed by atoms with E-state index in [1.165, 1.54) is 77.0 Å². The number of allylic oxidation sites excluding steroid dienone is 22. The summed E-state index contributed by atoms with van der Waals surface area (Å²) >= 11 is 0. The van der Waals surface area contributed by atoms with Gasteiger partial charge in [0, 0.05) is 12.8 Å². The van der Waals surface area contributed by atoms with Crippen molar-refractivity contribution in [2.45, 2.75) is 232 Å². The fourth-order valence-electron chi connectivity index (χ4n) is 7.80. The molecule has 0 rings (SSSR count). The Morgan fingerprint density at radius 3 is 1.06 bits per heavy atom. The molecule has 0 saturated heterocycles. The van der Waals surface area contributed by atoms with Gasteiger partial charge in [-0.1, -0.05) is 231 Å². The van der Waals surface area contributed by atoms with Crippen molar-refractivity contribution < 1.29 is 42.9 Å². The van der Waals surface area contributed by atoms with Gasteiger partial charge in [-0.25, -0.2) is 0 Å². The zero-order valence-corrected chi connectivity index (χ0v) is 49.5. The number of esters is 2. The lowest BCUT2D eigenvalue weighted by molar-refractivity contribution is -0.870. The van der Waals surface area contributed by atoms with Crippen LogP contribution >= 0.6 is 0 Å². The summed E-state index contributed by atoms with van der Waals surface area (Å²) in [6.45, 7) is 4.45. The van der Waals surface area contributed by atoms with Gasteiger partial charge in [0.1, 0.15) is 13.2 Å². The Labute approximate surface area is 471 Å². The first kappa shape index (κ1) is 72.4. The van der Waals surface area contributed by atoms with Gasteiger partial charge in [-0.15, -0.1) is 0 Å². The molecule has 0 spiro atoms. The van der Waals surface area contributed by atoms with Crippen LogP contribution in [-0.4, -0.2) is 82.3 Å². The number of likely N-dealkylation sites (N-methyl/N-ethyl adjacent to an activating group) is 1. The normalized spacial score (nSPS) is 13.7. The van der Waals surface area contributed by atoms with Crippen LogP contribution in [0.15, 0.2) is 134 Å². The molecule has 2 atom stereocenters. The minimum Gasteiger partial charge on any atom is -0.545 e. The number of rotatable bonds is 54. The summed E-state index contributed by atoms with van der Waals surface area (Å²) in [7, 11) is 5.90. The number of hydrogen-bond acceptors (Lipinski definition) is 8. The highest BCUT2D eigenvalue weighted by molar-refractivity contribution is 5.70. The topological polar surface area (TPSA) is 111 Å². The van der Waals surface area contributed by atoms with Gasteiger partial charge < -0.3 is 33.3 Å². The maximum absolute atomic E-state index is 12.9. The van der Waals surface area contributed by atoms with Crippen molar-refractivity contribution in [3.63, 3.8) is 0 Å². The van der Waals surface area contributed by atoms with Gasteiger partial charge in [-0.05, 0) is 109 Å². The molecule has 0 radical (unpaired) electrons. The van der Waals surface area contributed by atoms with Crippen molar-refractivity contribution in [1.82, 2.24) is 0 Å². The van der Waals surface area contributed by atoms with E-state index in [1.807, 2.05) is 21.1 Å². The molecule has 0 saturated carbocycles. The first-order valence-electron chi connectivity index (χ1n) is 30.3. The molecule has 77 heavy (non-hydrogen) atoms. The predicted molar refractivity (Wildman–Crippen MR) is 324 cm³/mol. The number of aliphatic carboxylic acids is 1.